The maximum Gasteiger partial charge on any atom is 0.255 e. The number of aromatic nitrogens is 3. The fourth-order valence-corrected chi connectivity index (χ4v) is 5.96. The van der Waals surface area contributed by atoms with E-state index in [1.54, 1.807) is 4.68 Å². The van der Waals surface area contributed by atoms with Gasteiger partial charge in [-0.3, -0.25) is 4.79 Å². The highest BCUT2D eigenvalue weighted by Gasteiger charge is 2.34. The number of ether oxygens (including phenoxy) is 1. The number of carbonyl (C=O) groups excluding carboxylic acids is 1. The Morgan fingerprint density at radius 1 is 0.952 bits per heavy atom. The quantitative estimate of drug-likeness (QED) is 0.176. The lowest BCUT2D eigenvalue weighted by Gasteiger charge is -2.29. The van der Waals surface area contributed by atoms with Gasteiger partial charge in [-0.1, -0.05) is 84.0 Å². The summed E-state index contributed by atoms with van der Waals surface area (Å²) in [5, 5.41) is 12.5. The van der Waals surface area contributed by atoms with E-state index in [1.165, 1.54) is 11.8 Å². The van der Waals surface area contributed by atoms with Crippen molar-refractivity contribution in [1.82, 2.24) is 14.8 Å². The number of aryl methyl sites for hydroxylation is 1. The number of benzene rings is 4. The van der Waals surface area contributed by atoms with Crippen molar-refractivity contribution in [2.45, 2.75) is 30.8 Å². The molecule has 0 aliphatic carbocycles. The van der Waals surface area contributed by atoms with E-state index in [2.05, 4.69) is 10.6 Å². The Balaban J connectivity index is 1.37. The number of hydrogen-bond donors (Lipinski definition) is 2. The van der Waals surface area contributed by atoms with E-state index in [1.807, 2.05) is 117 Å². The molecule has 9 heteroatoms. The van der Waals surface area contributed by atoms with Crippen LogP contribution in [-0.2, 0) is 10.5 Å². The van der Waals surface area contributed by atoms with Crippen molar-refractivity contribution in [3.63, 3.8) is 0 Å². The van der Waals surface area contributed by atoms with Crippen molar-refractivity contribution < 1.29 is 9.53 Å². The van der Waals surface area contributed by atoms with Gasteiger partial charge in [0.15, 0.2) is 0 Å². The minimum atomic E-state index is -0.549. The topological polar surface area (TPSA) is 81.1 Å². The van der Waals surface area contributed by atoms with E-state index in [0.29, 0.717) is 38.9 Å². The highest BCUT2D eigenvalue weighted by Crippen LogP contribution is 2.38. The molecule has 1 aromatic heterocycles. The van der Waals surface area contributed by atoms with Crippen LogP contribution >= 0.6 is 23.4 Å². The summed E-state index contributed by atoms with van der Waals surface area (Å²) < 4.78 is 7.91. The molecule has 1 amide bonds. The van der Waals surface area contributed by atoms with Crippen LogP contribution in [0.5, 0.6) is 11.5 Å². The molecule has 7 nitrogen and oxygen atoms in total. The van der Waals surface area contributed by atoms with E-state index in [0.717, 1.165) is 28.1 Å². The Morgan fingerprint density at radius 3 is 2.52 bits per heavy atom. The van der Waals surface area contributed by atoms with E-state index in [4.69, 9.17) is 26.4 Å². The van der Waals surface area contributed by atoms with Gasteiger partial charge in [0.05, 0.1) is 5.57 Å². The number of nitrogens with one attached hydrogen (secondary N) is 2. The molecule has 1 unspecified atom stereocenters. The molecular weight excluding hydrogens is 566 g/mol. The number of thioether (sulfide) groups is 1. The maximum absolute atomic E-state index is 13.9. The second-order valence-corrected chi connectivity index (χ2v) is 11.3. The molecule has 0 fully saturated rings. The summed E-state index contributed by atoms with van der Waals surface area (Å²) in [4.78, 5) is 18.7. The third-order valence-corrected chi connectivity index (χ3v) is 8.08. The SMILES string of the molecule is CC1=C(C(=O)Nc2cccc(C)c2)C(c2cccc(Oc3ccccc3)c2)n2nc(SCc3ccccc3Cl)nc2N1. The number of halogens is 1. The predicted molar refractivity (Wildman–Crippen MR) is 168 cm³/mol. The third-order valence-electron chi connectivity index (χ3n) is 6.82. The standard InChI is InChI=1S/C33H28ClN5O2S/c1-21-10-8-13-25(18-21)36-31(40)29-22(2)35-32-37-33(42-20-24-11-6-7-17-28(24)34)38-39(32)30(29)23-12-9-16-27(19-23)41-26-14-4-3-5-15-26/h3-19,30H,20H2,1-2H3,(H,36,40)(H,35,37,38). The molecule has 0 saturated carbocycles. The molecule has 5 aromatic rings. The number of anilines is 2. The summed E-state index contributed by atoms with van der Waals surface area (Å²) in [6, 6.07) is 32.3. The van der Waals surface area contributed by atoms with E-state index < -0.39 is 6.04 Å². The van der Waals surface area contributed by atoms with Crippen LogP contribution in [0.1, 0.15) is 29.7 Å². The molecule has 1 aliphatic heterocycles. The average molecular weight is 594 g/mol. The smallest absolute Gasteiger partial charge is 0.255 e. The number of nitrogens with zero attached hydrogens (tertiary/aromatic N) is 3. The zero-order chi connectivity index (χ0) is 29.1. The normalized spacial score (nSPS) is 14.2. The first kappa shape index (κ1) is 27.6. The minimum Gasteiger partial charge on any atom is -0.457 e. The van der Waals surface area contributed by atoms with Crippen molar-refractivity contribution >= 4 is 40.9 Å². The summed E-state index contributed by atoms with van der Waals surface area (Å²) in [7, 11) is 0. The number of carbonyl (C=O) groups is 1. The minimum absolute atomic E-state index is 0.226. The number of amides is 1. The number of hydrogen-bond acceptors (Lipinski definition) is 6. The van der Waals surface area contributed by atoms with Gasteiger partial charge in [0.2, 0.25) is 11.1 Å². The van der Waals surface area contributed by atoms with Gasteiger partial charge in [-0.05, 0) is 73.0 Å². The monoisotopic (exact) mass is 593 g/mol. The molecule has 0 radical (unpaired) electrons. The summed E-state index contributed by atoms with van der Waals surface area (Å²) in [5.41, 5.74) is 4.85. The van der Waals surface area contributed by atoms with Crippen molar-refractivity contribution in [1.29, 1.82) is 0 Å². The van der Waals surface area contributed by atoms with Gasteiger partial charge < -0.3 is 15.4 Å². The maximum atomic E-state index is 13.9. The van der Waals surface area contributed by atoms with Crippen LogP contribution in [-0.4, -0.2) is 20.7 Å². The van der Waals surface area contributed by atoms with Gasteiger partial charge in [-0.15, -0.1) is 5.10 Å². The van der Waals surface area contributed by atoms with Gasteiger partial charge in [-0.2, -0.15) is 4.98 Å². The molecule has 42 heavy (non-hydrogen) atoms. The molecule has 0 saturated heterocycles. The molecule has 1 atom stereocenters. The summed E-state index contributed by atoms with van der Waals surface area (Å²) in [6.45, 7) is 3.88. The molecule has 0 spiro atoms. The van der Waals surface area contributed by atoms with Crippen molar-refractivity contribution in [3.05, 3.63) is 136 Å². The van der Waals surface area contributed by atoms with Gasteiger partial charge in [-0.25, -0.2) is 4.68 Å². The highest BCUT2D eigenvalue weighted by molar-refractivity contribution is 7.98. The first-order valence-electron chi connectivity index (χ1n) is 13.5. The summed E-state index contributed by atoms with van der Waals surface area (Å²) in [6.07, 6.45) is 0. The summed E-state index contributed by atoms with van der Waals surface area (Å²) in [5.74, 6) is 2.32. The summed E-state index contributed by atoms with van der Waals surface area (Å²) >= 11 is 7.87. The molecule has 6 rings (SSSR count). The Hall–Kier alpha value is -4.53. The molecular formula is C33H28ClN5O2S. The fourth-order valence-electron chi connectivity index (χ4n) is 4.85. The first-order chi connectivity index (χ1) is 20.4. The number of allylic oxidation sites excluding steroid dienone is 1. The lowest BCUT2D eigenvalue weighted by atomic mass is 9.94. The molecule has 2 heterocycles. The van der Waals surface area contributed by atoms with Gasteiger partial charge in [0, 0.05) is 22.2 Å². The zero-order valence-electron chi connectivity index (χ0n) is 23.0. The van der Waals surface area contributed by atoms with Crippen LogP contribution < -0.4 is 15.4 Å². The van der Waals surface area contributed by atoms with E-state index >= 15 is 0 Å². The second-order valence-electron chi connectivity index (χ2n) is 9.92. The Kier molecular flexibility index (Phi) is 7.99. The first-order valence-corrected chi connectivity index (χ1v) is 14.8. The Labute approximate surface area is 253 Å². The van der Waals surface area contributed by atoms with Crippen LogP contribution in [0.4, 0.5) is 11.6 Å². The Bertz CT molecular complexity index is 1790. The largest absolute Gasteiger partial charge is 0.457 e. The van der Waals surface area contributed by atoms with Crippen LogP contribution in [0.15, 0.2) is 120 Å². The highest BCUT2D eigenvalue weighted by atomic mass is 35.5. The lowest BCUT2D eigenvalue weighted by Crippen LogP contribution is -2.31. The average Bonchev–Trinajstić information content (AvgIpc) is 3.39. The van der Waals surface area contributed by atoms with Crippen LogP contribution in [0.3, 0.4) is 0 Å². The van der Waals surface area contributed by atoms with Crippen LogP contribution in [0, 0.1) is 6.92 Å². The van der Waals surface area contributed by atoms with E-state index in [9.17, 15) is 4.79 Å². The number of para-hydroxylation sites is 1. The second kappa shape index (κ2) is 12.1. The number of rotatable bonds is 8. The predicted octanol–water partition coefficient (Wildman–Crippen LogP) is 8.25. The zero-order valence-corrected chi connectivity index (χ0v) is 24.6. The lowest BCUT2D eigenvalue weighted by molar-refractivity contribution is -0.113. The fraction of sp³-hybridized carbons (Fsp3) is 0.121. The van der Waals surface area contributed by atoms with E-state index in [-0.39, 0.29) is 5.91 Å². The molecule has 210 valence electrons. The Morgan fingerprint density at radius 2 is 1.71 bits per heavy atom. The molecule has 1 aliphatic rings. The van der Waals surface area contributed by atoms with Gasteiger partial charge in [0.1, 0.15) is 17.5 Å². The third kappa shape index (κ3) is 6.05. The van der Waals surface area contributed by atoms with Crippen molar-refractivity contribution in [3.8, 4) is 11.5 Å². The molecule has 2 N–H and O–H groups in total. The van der Waals surface area contributed by atoms with Crippen molar-refractivity contribution in [2.24, 2.45) is 0 Å². The van der Waals surface area contributed by atoms with Crippen molar-refractivity contribution in [2.75, 3.05) is 10.6 Å². The van der Waals surface area contributed by atoms with Crippen LogP contribution in [0.25, 0.3) is 0 Å². The van der Waals surface area contributed by atoms with Gasteiger partial charge >= 0.3 is 0 Å². The molecule has 0 bridgehead atoms. The molecule has 4 aromatic carbocycles. The van der Waals surface area contributed by atoms with Gasteiger partial charge in [0.25, 0.3) is 5.91 Å². The number of fused-ring (bicyclic) bond motifs is 1. The van der Waals surface area contributed by atoms with Crippen LogP contribution in [0.2, 0.25) is 5.02 Å².